The molecule has 11 aromatic carbocycles. The van der Waals surface area contributed by atoms with E-state index in [0.29, 0.717) is 23.9 Å². The highest BCUT2D eigenvalue weighted by molar-refractivity contribution is 9.19. The Labute approximate surface area is 897 Å². The van der Waals surface area contributed by atoms with Gasteiger partial charge in [0.05, 0.1) is 44.7 Å². The minimum absolute atomic E-state index is 0.528. The van der Waals surface area contributed by atoms with Crippen LogP contribution in [0.5, 0.6) is 28.7 Å². The molecule has 0 aliphatic heterocycles. The molecule has 0 heterocycles. The predicted molar refractivity (Wildman–Crippen MR) is 568 cm³/mol. The van der Waals surface area contributed by atoms with E-state index in [1.807, 2.05) is 69.3 Å². The number of hydrogen-bond donors (Lipinski definition) is 0. The van der Waals surface area contributed by atoms with Crippen molar-refractivity contribution < 1.29 is 14.2 Å². The number of rotatable bonds is 9. The summed E-state index contributed by atoms with van der Waals surface area (Å²) in [5.41, 5.74) is 12.8. The lowest BCUT2D eigenvalue weighted by atomic mass is 10.0. The molecule has 0 saturated carbocycles. The Hall–Kier alpha value is 6.18. The highest BCUT2D eigenvalue weighted by Gasteiger charge is 2.26. The molecule has 0 aliphatic rings. The fourth-order valence-electron chi connectivity index (χ4n) is 8.37. The highest BCUT2D eigenvalue weighted by atomic mass is 80.0. The van der Waals surface area contributed by atoms with Crippen molar-refractivity contribution in [1.29, 1.82) is 0 Å². The number of aryl methyl sites for hydroxylation is 2. The van der Waals surface area contributed by atoms with E-state index in [1.54, 1.807) is 0 Å². The lowest BCUT2D eigenvalue weighted by molar-refractivity contribution is 0.305. The molecule has 11 aromatic rings. The molecule has 0 saturated heterocycles. The second kappa shape index (κ2) is 48.0. The van der Waals surface area contributed by atoms with Crippen LogP contribution in [-0.2, 0) is 6.61 Å². The molecule has 0 unspecified atom stereocenters. The lowest BCUT2D eigenvalue weighted by Gasteiger charge is -2.18. The quantitative estimate of drug-likeness (QED) is 0.106. The third-order valence-corrected chi connectivity index (χ3v) is 48.6. The van der Waals surface area contributed by atoms with Gasteiger partial charge < -0.3 is 14.2 Å². The molecule has 0 aromatic heterocycles. The minimum atomic E-state index is 0.528. The zero-order valence-corrected chi connectivity index (χ0v) is 105. The molecule has 0 bridgehead atoms. The normalized spacial score (nSPS) is 10.7. The molecule has 0 radical (unpaired) electrons. The fourth-order valence-corrected chi connectivity index (χ4v) is 28.9. The van der Waals surface area contributed by atoms with Gasteiger partial charge >= 0.3 is 0 Å². The zero-order valence-electron chi connectivity index (χ0n) is 54.4. The average molecular weight is 3520 g/mol. The molecule has 0 amide bonds. The summed E-state index contributed by atoms with van der Waals surface area (Å²) in [5.74, 6) is 3.61. The summed E-state index contributed by atoms with van der Waals surface area (Å²) in [5, 5.41) is 0. The summed E-state index contributed by atoms with van der Waals surface area (Å²) in [6.45, 7) is 12.8. The third kappa shape index (κ3) is 27.8. The number of halogens is 32. The monoisotopic (exact) mass is 3490 g/mol. The van der Waals surface area contributed by atoms with Gasteiger partial charge in [-0.05, 0) is 541 Å². The second-order valence-corrected chi connectivity index (χ2v) is 47.9. The van der Waals surface area contributed by atoms with Crippen LogP contribution in [0.4, 0.5) is 0 Å². The molecule has 3 nitrogen and oxygen atoms in total. The van der Waals surface area contributed by atoms with Gasteiger partial charge in [-0.25, -0.2) is 0 Å². The summed E-state index contributed by atoms with van der Waals surface area (Å²) >= 11 is 113. The molecule has 0 atom stereocenters. The molecular formula is C73H38Br32O3. The Morgan fingerprint density at radius 2 is 0.472 bits per heavy atom. The number of ether oxygens (including phenoxy) is 3. The van der Waals surface area contributed by atoms with Crippen molar-refractivity contribution in [3.63, 3.8) is 0 Å². The maximum Gasteiger partial charge on any atom is 0.158 e. The van der Waals surface area contributed by atoms with E-state index >= 15 is 0 Å². The van der Waals surface area contributed by atoms with Crippen LogP contribution in [0.1, 0.15) is 38.9 Å². The van der Waals surface area contributed by atoms with Crippen molar-refractivity contribution in [1.82, 2.24) is 0 Å². The van der Waals surface area contributed by atoms with E-state index in [4.69, 9.17) is 14.2 Å². The van der Waals surface area contributed by atoms with Crippen LogP contribution in [0, 0.1) is 41.5 Å². The van der Waals surface area contributed by atoms with Crippen molar-refractivity contribution in [3.05, 3.63) is 291 Å². The predicted octanol–water partition coefficient (Wildman–Crippen LogP) is 44.9. The van der Waals surface area contributed by atoms with Crippen LogP contribution in [-0.4, -0.2) is 0 Å². The summed E-state index contributed by atoms with van der Waals surface area (Å²) in [6.07, 6.45) is 0. The molecule has 108 heavy (non-hydrogen) atoms. The van der Waals surface area contributed by atoms with E-state index in [-0.39, 0.29) is 0 Å². The van der Waals surface area contributed by atoms with Crippen LogP contribution < -0.4 is 14.2 Å². The van der Waals surface area contributed by atoms with Gasteiger partial charge in [0.2, 0.25) is 0 Å². The summed E-state index contributed by atoms with van der Waals surface area (Å²) in [4.78, 5) is 0. The van der Waals surface area contributed by atoms with Crippen LogP contribution in [0.15, 0.2) is 252 Å². The van der Waals surface area contributed by atoms with E-state index in [2.05, 4.69) is 591 Å². The minimum Gasteiger partial charge on any atom is -0.489 e. The van der Waals surface area contributed by atoms with Gasteiger partial charge in [-0.3, -0.25) is 0 Å². The summed E-state index contributed by atoms with van der Waals surface area (Å²) in [7, 11) is 0. The SMILES string of the molecule is Cc1c(Br)c(Br)c(Br)c(Br)c1Br.Cc1c(Br)c(Br)c(Oc2c(Br)c(Br)c(Br)c(Br)c2Br)c(Br)c1Br.Cc1c(Br)cc(-c2cc(Br)cc(Br)c2)cc1Br.Cc1c(Br)cc(COc2cc(Br)cc(Br)c2)cc1Br.Cc1ccc(-c2c(Br)c(Br)c(Br)c(Br)c2Br)cc1.Cc1ccc(Oc2c(Br)c(Br)c(Br)c(Br)c2Br)cc1. The second-order valence-electron chi connectivity index (χ2n) is 21.8. The van der Waals surface area contributed by atoms with Gasteiger partial charge in [0.1, 0.15) is 18.1 Å². The largest absolute Gasteiger partial charge is 0.489 e. The van der Waals surface area contributed by atoms with Crippen molar-refractivity contribution >= 4 is 510 Å². The third-order valence-electron chi connectivity index (χ3n) is 14.3. The standard InChI is InChI=1S/C14H10Br4O.C13H3Br9O.C13H7Br5O.C13H7Br5.C13H8Br4.C7H3Br5/c1-8-13(17)2-9(3-14(8)18)7-19-12-5-10(15)4-11(16)6-12;1-2-3(14)8(19)12(9(20)4(2)15)23-13-10(21)6(17)5(16)7(18)11(13)22;1-6-2-4-7(5-3-6)19-13-11(17)9(15)8(14)10(16)12(13)18;1-6-2-4-7(5-3-6)8-9(14)11(16)13(18)12(17)10(8)15;1-7-12(16)4-9(5-13(7)17)8-2-10(14)6-11(15)3-8;1-2-3(8)5(10)7(12)6(11)4(2)9/h2-6H,7H2,1H3;1H3;2-5H,1H3;2-5H,1H3;2-6H,1H3;1H3. The van der Waals surface area contributed by atoms with E-state index in [1.165, 1.54) is 33.4 Å². The smallest absolute Gasteiger partial charge is 0.158 e. The van der Waals surface area contributed by atoms with Gasteiger partial charge in [-0.1, -0.05) is 175 Å². The summed E-state index contributed by atoms with van der Waals surface area (Å²) in [6, 6.07) is 36.9. The van der Waals surface area contributed by atoms with Crippen molar-refractivity contribution in [2.24, 2.45) is 0 Å². The van der Waals surface area contributed by atoms with E-state index in [0.717, 1.165) is 182 Å². The highest BCUT2D eigenvalue weighted by Crippen LogP contribution is 2.56. The Balaban J connectivity index is 0.000000204. The van der Waals surface area contributed by atoms with Crippen LogP contribution in [0.25, 0.3) is 22.3 Å². The fraction of sp³-hybridized carbons (Fsp3) is 0.0959. The maximum absolute atomic E-state index is 6.21. The Kier molecular flexibility index (Phi) is 45.8. The summed E-state index contributed by atoms with van der Waals surface area (Å²) < 4.78 is 48.6. The first-order valence-corrected chi connectivity index (χ1v) is 54.5. The Morgan fingerprint density at radius 1 is 0.213 bits per heavy atom. The van der Waals surface area contributed by atoms with Gasteiger partial charge in [-0.2, -0.15) is 0 Å². The molecule has 572 valence electrons. The molecule has 0 fully saturated rings. The van der Waals surface area contributed by atoms with E-state index < -0.39 is 0 Å². The van der Waals surface area contributed by atoms with Crippen molar-refractivity contribution in [3.8, 4) is 51.0 Å². The zero-order chi connectivity index (χ0) is 81.3. The maximum atomic E-state index is 6.21. The number of benzene rings is 11. The van der Waals surface area contributed by atoms with Crippen LogP contribution in [0.3, 0.4) is 0 Å². The molecular weight excluding hydrogens is 3480 g/mol. The van der Waals surface area contributed by atoms with Crippen molar-refractivity contribution in [2.45, 2.75) is 48.1 Å². The van der Waals surface area contributed by atoms with Gasteiger partial charge in [0.25, 0.3) is 0 Å². The van der Waals surface area contributed by atoms with Gasteiger partial charge in [0, 0.05) is 104 Å². The number of hydrogen-bond acceptors (Lipinski definition) is 3. The van der Waals surface area contributed by atoms with E-state index in [9.17, 15) is 0 Å². The molecule has 0 aliphatic carbocycles. The van der Waals surface area contributed by atoms with Gasteiger partial charge in [0.15, 0.2) is 17.2 Å². The van der Waals surface area contributed by atoms with Crippen LogP contribution >= 0.6 is 510 Å². The first-order chi connectivity index (χ1) is 50.3. The topological polar surface area (TPSA) is 27.7 Å². The Bertz CT molecular complexity index is 4830. The lowest BCUT2D eigenvalue weighted by Crippen LogP contribution is -1.96. The van der Waals surface area contributed by atoms with Crippen LogP contribution in [0.2, 0.25) is 0 Å². The van der Waals surface area contributed by atoms with Crippen molar-refractivity contribution in [2.75, 3.05) is 0 Å². The van der Waals surface area contributed by atoms with Gasteiger partial charge in [-0.15, -0.1) is 0 Å². The molecule has 0 N–H and O–H groups in total. The average Bonchev–Trinajstić information content (AvgIpc) is 0.783. The molecule has 11 rings (SSSR count). The first kappa shape index (κ1) is 103. The first-order valence-electron chi connectivity index (χ1n) is 29.1. The molecule has 35 heteroatoms. The Morgan fingerprint density at radius 3 is 0.824 bits per heavy atom. The molecule has 0 spiro atoms.